The van der Waals surface area contributed by atoms with Crippen molar-refractivity contribution in [3.05, 3.63) is 29.2 Å². The van der Waals surface area contributed by atoms with Gasteiger partial charge in [0.1, 0.15) is 0 Å². The molecule has 0 bridgehead atoms. The molecule has 7 nitrogen and oxygen atoms in total. The van der Waals surface area contributed by atoms with Gasteiger partial charge in [0.05, 0.1) is 12.3 Å². The Balaban J connectivity index is 1.45. The van der Waals surface area contributed by atoms with Crippen LogP contribution in [0.1, 0.15) is 43.1 Å². The van der Waals surface area contributed by atoms with Crippen LogP contribution in [0.15, 0.2) is 12.3 Å². The van der Waals surface area contributed by atoms with Gasteiger partial charge >= 0.3 is 0 Å². The molecule has 1 atom stereocenters. The van der Waals surface area contributed by atoms with Crippen LogP contribution in [0.25, 0.3) is 5.65 Å². The number of nitrogens with zero attached hydrogens (tertiary/aromatic N) is 5. The van der Waals surface area contributed by atoms with E-state index >= 15 is 0 Å². The second-order valence-electron chi connectivity index (χ2n) is 8.48. The van der Waals surface area contributed by atoms with Crippen LogP contribution in [0.5, 0.6) is 0 Å². The summed E-state index contributed by atoms with van der Waals surface area (Å²) in [7, 11) is 0. The second-order valence-corrected chi connectivity index (χ2v) is 8.48. The molecule has 1 unspecified atom stereocenters. The number of rotatable bonds is 2. The predicted octanol–water partition coefficient (Wildman–Crippen LogP) is 1.54. The molecule has 0 saturated carbocycles. The monoisotopic (exact) mass is 371 g/mol. The van der Waals surface area contributed by atoms with Crippen LogP contribution in [0.2, 0.25) is 0 Å². The third kappa shape index (κ3) is 3.58. The van der Waals surface area contributed by atoms with Crippen LogP contribution in [-0.2, 0) is 11.3 Å². The first-order valence-corrected chi connectivity index (χ1v) is 9.82. The summed E-state index contributed by atoms with van der Waals surface area (Å²) in [5.41, 5.74) is 4.28. The Morgan fingerprint density at radius 3 is 2.78 bits per heavy atom. The van der Waals surface area contributed by atoms with Crippen molar-refractivity contribution in [2.24, 2.45) is 5.41 Å². The zero-order chi connectivity index (χ0) is 19.2. The molecule has 2 aliphatic rings. The van der Waals surface area contributed by atoms with E-state index in [9.17, 15) is 9.90 Å². The number of hydrogen-bond donors (Lipinski definition) is 1. The molecule has 2 aromatic heterocycles. The predicted molar refractivity (Wildman–Crippen MR) is 102 cm³/mol. The lowest BCUT2D eigenvalue weighted by molar-refractivity contribution is -0.138. The first-order chi connectivity index (χ1) is 12.8. The Morgan fingerprint density at radius 1 is 1.33 bits per heavy atom. The number of amides is 1. The van der Waals surface area contributed by atoms with Gasteiger partial charge in [-0.05, 0) is 57.7 Å². The Kier molecular flexibility index (Phi) is 4.68. The summed E-state index contributed by atoms with van der Waals surface area (Å²) in [6.45, 7) is 9.72. The van der Waals surface area contributed by atoms with Crippen molar-refractivity contribution in [2.45, 2.75) is 52.7 Å². The van der Waals surface area contributed by atoms with Crippen LogP contribution in [0.3, 0.4) is 0 Å². The second kappa shape index (κ2) is 6.87. The van der Waals surface area contributed by atoms with Gasteiger partial charge in [0, 0.05) is 43.5 Å². The zero-order valence-corrected chi connectivity index (χ0v) is 16.5. The van der Waals surface area contributed by atoms with Crippen LogP contribution < -0.4 is 0 Å². The van der Waals surface area contributed by atoms with E-state index in [1.807, 2.05) is 28.6 Å². The van der Waals surface area contributed by atoms with E-state index in [4.69, 9.17) is 0 Å². The Labute approximate surface area is 160 Å². The highest BCUT2D eigenvalue weighted by Crippen LogP contribution is 2.40. The molecule has 0 aliphatic carbocycles. The van der Waals surface area contributed by atoms with Gasteiger partial charge in [0.25, 0.3) is 0 Å². The lowest BCUT2D eigenvalue weighted by Crippen LogP contribution is -2.54. The molecule has 4 heterocycles. The molecule has 146 valence electrons. The SMILES string of the molecule is CC(=O)N1CC(O)CC2(CCN(Cc3cnn4c(C)cc(C)nc34)CC2)C1. The minimum absolute atomic E-state index is 0.0619. The molecule has 4 rings (SSSR count). The van der Waals surface area contributed by atoms with Gasteiger partial charge in [-0.15, -0.1) is 0 Å². The minimum Gasteiger partial charge on any atom is -0.391 e. The van der Waals surface area contributed by atoms with E-state index in [0.29, 0.717) is 6.54 Å². The largest absolute Gasteiger partial charge is 0.391 e. The zero-order valence-electron chi connectivity index (χ0n) is 16.5. The van der Waals surface area contributed by atoms with E-state index in [1.165, 1.54) is 0 Å². The minimum atomic E-state index is -0.399. The van der Waals surface area contributed by atoms with Gasteiger partial charge in [0.2, 0.25) is 5.91 Å². The summed E-state index contributed by atoms with van der Waals surface area (Å²) in [5, 5.41) is 14.8. The van der Waals surface area contributed by atoms with Crippen LogP contribution >= 0.6 is 0 Å². The van der Waals surface area contributed by atoms with E-state index in [1.54, 1.807) is 6.92 Å². The number of carbonyl (C=O) groups is 1. The fourth-order valence-corrected chi connectivity index (χ4v) is 4.81. The molecule has 2 fully saturated rings. The number of aryl methyl sites for hydroxylation is 2. The van der Waals surface area contributed by atoms with E-state index < -0.39 is 6.10 Å². The number of hydrogen-bond acceptors (Lipinski definition) is 5. The van der Waals surface area contributed by atoms with Crippen molar-refractivity contribution < 1.29 is 9.90 Å². The number of aromatic nitrogens is 3. The fourth-order valence-electron chi connectivity index (χ4n) is 4.81. The first-order valence-electron chi connectivity index (χ1n) is 9.82. The maximum absolute atomic E-state index is 11.8. The molecule has 2 aliphatic heterocycles. The van der Waals surface area contributed by atoms with Crippen molar-refractivity contribution in [3.63, 3.8) is 0 Å². The van der Waals surface area contributed by atoms with Crippen LogP contribution in [0, 0.1) is 19.3 Å². The molecule has 0 aromatic carbocycles. The number of fused-ring (bicyclic) bond motifs is 1. The Bertz CT molecular complexity index is 853. The van der Waals surface area contributed by atoms with E-state index in [2.05, 4.69) is 21.9 Å². The lowest BCUT2D eigenvalue weighted by Gasteiger charge is -2.49. The van der Waals surface area contributed by atoms with Crippen LogP contribution in [0.4, 0.5) is 0 Å². The molecule has 1 amide bonds. The summed E-state index contributed by atoms with van der Waals surface area (Å²) in [6, 6.07) is 2.05. The third-order valence-electron chi connectivity index (χ3n) is 6.23. The molecular formula is C20H29N5O2. The number of aliphatic hydroxyl groups excluding tert-OH is 1. The smallest absolute Gasteiger partial charge is 0.219 e. The van der Waals surface area contributed by atoms with Crippen molar-refractivity contribution in [2.75, 3.05) is 26.2 Å². The summed E-state index contributed by atoms with van der Waals surface area (Å²) < 4.78 is 1.91. The maximum Gasteiger partial charge on any atom is 0.219 e. The van der Waals surface area contributed by atoms with Gasteiger partial charge in [-0.2, -0.15) is 5.10 Å². The van der Waals surface area contributed by atoms with Gasteiger partial charge < -0.3 is 10.0 Å². The molecule has 1 spiro atoms. The molecular weight excluding hydrogens is 342 g/mol. The molecule has 7 heteroatoms. The maximum atomic E-state index is 11.8. The molecule has 2 aromatic rings. The summed E-state index contributed by atoms with van der Waals surface area (Å²) >= 11 is 0. The van der Waals surface area contributed by atoms with Crippen molar-refractivity contribution in [3.8, 4) is 0 Å². The Hall–Kier alpha value is -1.99. The summed E-state index contributed by atoms with van der Waals surface area (Å²) in [5.74, 6) is 0.0683. The highest BCUT2D eigenvalue weighted by Gasteiger charge is 2.42. The average molecular weight is 371 g/mol. The van der Waals surface area contributed by atoms with Crippen LogP contribution in [-0.4, -0.2) is 67.7 Å². The summed E-state index contributed by atoms with van der Waals surface area (Å²) in [6.07, 6.45) is 4.36. The summed E-state index contributed by atoms with van der Waals surface area (Å²) in [4.78, 5) is 20.8. The number of carbonyl (C=O) groups excluding carboxylic acids is 1. The first kappa shape index (κ1) is 18.4. The number of β-amino-alcohol motifs (C(OH)–C–C–N with tert-alkyl or cyclic N) is 1. The fraction of sp³-hybridized carbons (Fsp3) is 0.650. The Morgan fingerprint density at radius 2 is 2.07 bits per heavy atom. The topological polar surface area (TPSA) is 74.0 Å². The third-order valence-corrected chi connectivity index (χ3v) is 6.23. The van der Waals surface area contributed by atoms with E-state index in [-0.39, 0.29) is 11.3 Å². The van der Waals surface area contributed by atoms with Crippen molar-refractivity contribution >= 4 is 11.6 Å². The average Bonchev–Trinajstić information content (AvgIpc) is 2.99. The number of piperidine rings is 2. The molecule has 2 saturated heterocycles. The standard InChI is InChI=1S/C20H29N5O2/c1-14-8-15(2)25-19(22-14)17(10-21-25)11-23-6-4-20(5-7-23)9-18(27)12-24(13-20)16(3)26/h8,10,18,27H,4-7,9,11-13H2,1-3H3. The van der Waals surface area contributed by atoms with Gasteiger partial charge in [-0.3, -0.25) is 9.69 Å². The lowest BCUT2D eigenvalue weighted by atomic mass is 9.71. The van der Waals surface area contributed by atoms with Gasteiger partial charge in [-0.25, -0.2) is 9.50 Å². The van der Waals surface area contributed by atoms with Crippen molar-refractivity contribution in [1.82, 2.24) is 24.4 Å². The number of likely N-dealkylation sites (tertiary alicyclic amines) is 2. The number of aliphatic hydroxyl groups is 1. The molecule has 27 heavy (non-hydrogen) atoms. The molecule has 0 radical (unpaired) electrons. The van der Waals surface area contributed by atoms with E-state index in [0.717, 1.165) is 68.0 Å². The normalized spacial score (nSPS) is 23.3. The highest BCUT2D eigenvalue weighted by atomic mass is 16.3. The molecule has 1 N–H and O–H groups in total. The van der Waals surface area contributed by atoms with Gasteiger partial charge in [-0.1, -0.05) is 0 Å². The highest BCUT2D eigenvalue weighted by molar-refractivity contribution is 5.73. The van der Waals surface area contributed by atoms with Gasteiger partial charge in [0.15, 0.2) is 5.65 Å². The van der Waals surface area contributed by atoms with Crippen molar-refractivity contribution in [1.29, 1.82) is 0 Å². The quantitative estimate of drug-likeness (QED) is 0.867.